The van der Waals surface area contributed by atoms with E-state index in [1.807, 2.05) is 19.1 Å². The quantitative estimate of drug-likeness (QED) is 0.919. The second kappa shape index (κ2) is 5.93. The highest BCUT2D eigenvalue weighted by atomic mass is 35.5. The largest absolute Gasteiger partial charge is 0.467 e. The van der Waals surface area contributed by atoms with Crippen molar-refractivity contribution < 1.29 is 4.42 Å². The van der Waals surface area contributed by atoms with E-state index in [0.29, 0.717) is 23.2 Å². The average molecular weight is 308 g/mol. The number of rotatable bonds is 5. The second-order valence-corrected chi connectivity index (χ2v) is 5.94. The third-order valence-corrected chi connectivity index (χ3v) is 4.27. The molecular weight excluding hydrogens is 290 g/mol. The molecule has 1 fully saturated rings. The van der Waals surface area contributed by atoms with Crippen molar-refractivity contribution in [2.75, 3.05) is 5.32 Å². The van der Waals surface area contributed by atoms with E-state index in [-0.39, 0.29) is 11.6 Å². The first-order chi connectivity index (χ1) is 10.1. The van der Waals surface area contributed by atoms with Crippen LogP contribution in [0.4, 0.5) is 5.69 Å². The zero-order valence-corrected chi connectivity index (χ0v) is 12.6. The molecule has 5 nitrogen and oxygen atoms in total. The molecule has 0 spiro atoms. The molecule has 0 amide bonds. The van der Waals surface area contributed by atoms with Crippen molar-refractivity contribution in [3.8, 4) is 0 Å². The van der Waals surface area contributed by atoms with Crippen LogP contribution in [-0.4, -0.2) is 9.78 Å². The van der Waals surface area contributed by atoms with E-state index in [9.17, 15) is 4.79 Å². The predicted octanol–water partition coefficient (Wildman–Crippen LogP) is 3.46. The zero-order chi connectivity index (χ0) is 14.8. The molecule has 2 heterocycles. The summed E-state index contributed by atoms with van der Waals surface area (Å²) < 4.78 is 6.85. The van der Waals surface area contributed by atoms with Crippen molar-refractivity contribution in [3.05, 3.63) is 45.7 Å². The monoisotopic (exact) mass is 307 g/mol. The van der Waals surface area contributed by atoms with Gasteiger partial charge in [0.25, 0.3) is 5.56 Å². The van der Waals surface area contributed by atoms with E-state index in [2.05, 4.69) is 10.4 Å². The molecule has 1 N–H and O–H groups in total. The van der Waals surface area contributed by atoms with Crippen molar-refractivity contribution in [1.29, 1.82) is 0 Å². The fourth-order valence-electron chi connectivity index (χ4n) is 2.47. The average Bonchev–Trinajstić information content (AvgIpc) is 2.94. The van der Waals surface area contributed by atoms with Gasteiger partial charge in [0.05, 0.1) is 23.5 Å². The molecule has 1 unspecified atom stereocenters. The lowest BCUT2D eigenvalue weighted by atomic mass is 9.85. The van der Waals surface area contributed by atoms with Crippen LogP contribution < -0.4 is 10.9 Å². The molecule has 112 valence electrons. The van der Waals surface area contributed by atoms with E-state index in [1.165, 1.54) is 30.1 Å². The Morgan fingerprint density at radius 2 is 2.38 bits per heavy atom. The molecule has 1 aliphatic carbocycles. The van der Waals surface area contributed by atoms with Crippen LogP contribution in [0, 0.1) is 5.92 Å². The van der Waals surface area contributed by atoms with Crippen LogP contribution in [0.25, 0.3) is 0 Å². The van der Waals surface area contributed by atoms with Gasteiger partial charge >= 0.3 is 0 Å². The third-order valence-electron chi connectivity index (χ3n) is 3.98. The van der Waals surface area contributed by atoms with Gasteiger partial charge in [-0.05, 0) is 37.8 Å². The summed E-state index contributed by atoms with van der Waals surface area (Å²) in [4.78, 5) is 12.5. The molecule has 0 saturated heterocycles. The fourth-order valence-corrected chi connectivity index (χ4v) is 2.65. The Balaban J connectivity index is 1.83. The molecule has 0 bridgehead atoms. The molecule has 1 aliphatic rings. The summed E-state index contributed by atoms with van der Waals surface area (Å²) in [6.07, 6.45) is 6.72. The number of hydrogen-bond donors (Lipinski definition) is 1. The summed E-state index contributed by atoms with van der Waals surface area (Å²) in [6, 6.07) is 3.54. The maximum atomic E-state index is 12.5. The van der Waals surface area contributed by atoms with Gasteiger partial charge in [-0.2, -0.15) is 5.10 Å². The molecule has 0 aromatic carbocycles. The van der Waals surface area contributed by atoms with Gasteiger partial charge in [0, 0.05) is 6.54 Å². The highest BCUT2D eigenvalue weighted by molar-refractivity contribution is 6.33. The summed E-state index contributed by atoms with van der Waals surface area (Å²) >= 11 is 6.12. The Kier molecular flexibility index (Phi) is 4.01. The summed E-state index contributed by atoms with van der Waals surface area (Å²) in [7, 11) is 0. The minimum absolute atomic E-state index is 0.134. The van der Waals surface area contributed by atoms with E-state index < -0.39 is 0 Å². The Hall–Kier alpha value is -1.75. The van der Waals surface area contributed by atoms with Gasteiger partial charge in [-0.3, -0.25) is 4.79 Å². The number of halogens is 1. The first-order valence-electron chi connectivity index (χ1n) is 7.20. The topological polar surface area (TPSA) is 60.1 Å². The van der Waals surface area contributed by atoms with Gasteiger partial charge in [0.15, 0.2) is 0 Å². The predicted molar refractivity (Wildman–Crippen MR) is 81.6 cm³/mol. The molecule has 2 aromatic heterocycles. The van der Waals surface area contributed by atoms with Crippen molar-refractivity contribution in [2.45, 2.75) is 38.8 Å². The van der Waals surface area contributed by atoms with Gasteiger partial charge in [0.2, 0.25) is 0 Å². The highest BCUT2D eigenvalue weighted by Gasteiger charge is 2.21. The SMILES string of the molecule is CC(Nc1c(Cl)cnn(CC2CCC2)c1=O)c1ccco1. The van der Waals surface area contributed by atoms with Gasteiger partial charge in [0.1, 0.15) is 11.4 Å². The summed E-state index contributed by atoms with van der Waals surface area (Å²) in [5, 5.41) is 7.61. The van der Waals surface area contributed by atoms with Crippen molar-refractivity contribution in [3.63, 3.8) is 0 Å². The molecule has 0 aliphatic heterocycles. The number of nitrogens with one attached hydrogen (secondary N) is 1. The van der Waals surface area contributed by atoms with E-state index >= 15 is 0 Å². The molecule has 0 radical (unpaired) electrons. The first kappa shape index (κ1) is 14.2. The molecule has 3 rings (SSSR count). The summed E-state index contributed by atoms with van der Waals surface area (Å²) in [5.41, 5.74) is 0.211. The molecule has 1 atom stereocenters. The Bertz CT molecular complexity index is 662. The maximum Gasteiger partial charge on any atom is 0.291 e. The van der Waals surface area contributed by atoms with Crippen LogP contribution in [0.1, 0.15) is 38.0 Å². The minimum atomic E-state index is -0.173. The van der Waals surface area contributed by atoms with Crippen LogP contribution in [0.15, 0.2) is 33.8 Å². The van der Waals surface area contributed by atoms with Crippen LogP contribution >= 0.6 is 11.6 Å². The smallest absolute Gasteiger partial charge is 0.291 e. The second-order valence-electron chi connectivity index (χ2n) is 5.53. The molecule has 21 heavy (non-hydrogen) atoms. The van der Waals surface area contributed by atoms with Gasteiger partial charge in [-0.15, -0.1) is 0 Å². The Morgan fingerprint density at radius 1 is 1.57 bits per heavy atom. The lowest BCUT2D eigenvalue weighted by Crippen LogP contribution is -2.31. The van der Waals surface area contributed by atoms with Crippen molar-refractivity contribution >= 4 is 17.3 Å². The number of furan rings is 1. The van der Waals surface area contributed by atoms with Gasteiger partial charge in [-0.25, -0.2) is 4.68 Å². The fraction of sp³-hybridized carbons (Fsp3) is 0.467. The Morgan fingerprint density at radius 3 is 3.00 bits per heavy atom. The number of anilines is 1. The van der Waals surface area contributed by atoms with Gasteiger partial charge in [-0.1, -0.05) is 18.0 Å². The minimum Gasteiger partial charge on any atom is -0.467 e. The first-order valence-corrected chi connectivity index (χ1v) is 7.58. The van der Waals surface area contributed by atoms with Crippen LogP contribution in [-0.2, 0) is 6.54 Å². The molecule has 2 aromatic rings. The van der Waals surface area contributed by atoms with E-state index in [0.717, 1.165) is 5.76 Å². The van der Waals surface area contributed by atoms with Gasteiger partial charge < -0.3 is 9.73 Å². The third kappa shape index (κ3) is 2.97. The van der Waals surface area contributed by atoms with Crippen LogP contribution in [0.2, 0.25) is 5.02 Å². The van der Waals surface area contributed by atoms with Crippen LogP contribution in [0.5, 0.6) is 0 Å². The lowest BCUT2D eigenvalue weighted by Gasteiger charge is -2.25. The van der Waals surface area contributed by atoms with E-state index in [4.69, 9.17) is 16.0 Å². The van der Waals surface area contributed by atoms with Crippen molar-refractivity contribution in [1.82, 2.24) is 9.78 Å². The summed E-state index contributed by atoms with van der Waals surface area (Å²) in [6.45, 7) is 2.59. The Labute approximate surface area is 127 Å². The van der Waals surface area contributed by atoms with E-state index in [1.54, 1.807) is 6.26 Å². The normalized spacial score (nSPS) is 16.5. The molecule has 1 saturated carbocycles. The molecular formula is C15H18ClN3O2. The summed E-state index contributed by atoms with van der Waals surface area (Å²) in [5.74, 6) is 1.32. The highest BCUT2D eigenvalue weighted by Crippen LogP contribution is 2.28. The zero-order valence-electron chi connectivity index (χ0n) is 11.9. The lowest BCUT2D eigenvalue weighted by molar-refractivity contribution is 0.262. The number of nitrogens with zero attached hydrogens (tertiary/aromatic N) is 2. The molecule has 6 heteroatoms. The standard InChI is InChI=1S/C15H18ClN3O2/c1-10(13-6-3-7-21-13)18-14-12(16)8-17-19(15(14)20)9-11-4-2-5-11/h3,6-8,10-11,18H,2,4-5,9H2,1H3. The van der Waals surface area contributed by atoms with Crippen LogP contribution in [0.3, 0.4) is 0 Å². The number of aromatic nitrogens is 2. The maximum absolute atomic E-state index is 12.5. The van der Waals surface area contributed by atoms with Crippen molar-refractivity contribution in [2.24, 2.45) is 5.92 Å². The number of hydrogen-bond acceptors (Lipinski definition) is 4.